The molecule has 0 fully saturated rings. The van der Waals surface area contributed by atoms with Crippen molar-refractivity contribution < 1.29 is 14.0 Å². The zero-order valence-corrected chi connectivity index (χ0v) is 7.18. The van der Waals surface area contributed by atoms with Crippen molar-refractivity contribution in [2.45, 2.75) is 6.92 Å². The van der Waals surface area contributed by atoms with E-state index in [4.69, 9.17) is 4.74 Å². The van der Waals surface area contributed by atoms with Gasteiger partial charge in [0, 0.05) is 6.92 Å². The molecule has 0 N–H and O–H groups in total. The first-order valence-electron chi connectivity index (χ1n) is 3.35. The molecule has 3 heteroatoms. The van der Waals surface area contributed by atoms with Crippen LogP contribution >= 0.6 is 0 Å². The fourth-order valence-corrected chi connectivity index (χ4v) is 0.463. The van der Waals surface area contributed by atoms with Crippen LogP contribution in [0, 0.1) is 0 Å². The molecule has 60 valence electrons. The molecule has 0 rings (SSSR count). The topological polar surface area (TPSA) is 26.3 Å². The summed E-state index contributed by atoms with van der Waals surface area (Å²) in [5.74, 6) is -0.201. The molecule has 0 saturated carbocycles. The summed E-state index contributed by atoms with van der Waals surface area (Å²) in [5.41, 5.74) is 0. The van der Waals surface area contributed by atoms with Gasteiger partial charge >= 0.3 is 5.97 Å². The zero-order valence-electron chi connectivity index (χ0n) is 7.18. The third kappa shape index (κ3) is 7.43. The first kappa shape index (κ1) is 9.43. The molecule has 0 aromatic carbocycles. The molecule has 0 heterocycles. The van der Waals surface area contributed by atoms with Gasteiger partial charge in [0.15, 0.2) is 0 Å². The molecule has 0 aliphatic carbocycles. The Bertz CT molecular complexity index is 115. The number of hydrogen-bond donors (Lipinski definition) is 0. The molecule has 0 aliphatic heterocycles. The van der Waals surface area contributed by atoms with Crippen LogP contribution in [0.5, 0.6) is 0 Å². The Hall–Kier alpha value is -0.570. The van der Waals surface area contributed by atoms with Gasteiger partial charge in [0.05, 0.1) is 21.1 Å². The largest absolute Gasteiger partial charge is 0.460 e. The minimum absolute atomic E-state index is 0.201. The Balaban J connectivity index is 3.29. The van der Waals surface area contributed by atoms with E-state index in [1.807, 2.05) is 0 Å². The van der Waals surface area contributed by atoms with E-state index in [-0.39, 0.29) is 5.97 Å². The van der Waals surface area contributed by atoms with Gasteiger partial charge in [-0.05, 0) is 0 Å². The SMILES string of the molecule is C[N+](C)(C)CCO[13C]([13CH3])=O. The third-order valence-corrected chi connectivity index (χ3v) is 1.07. The number of nitrogens with zero attached hydrogens (tertiary/aromatic N) is 1. The van der Waals surface area contributed by atoms with Gasteiger partial charge in [-0.25, -0.2) is 0 Å². The lowest BCUT2D eigenvalue weighted by molar-refractivity contribution is -0.870. The summed E-state index contributed by atoms with van der Waals surface area (Å²) in [4.78, 5) is 10.3. The lowest BCUT2D eigenvalue weighted by atomic mass is 10.5. The van der Waals surface area contributed by atoms with Crippen LogP contribution in [0.15, 0.2) is 0 Å². The number of carbonyl (C=O) groups excluding carboxylic acids is 1. The second-order valence-electron chi connectivity index (χ2n) is 3.35. The number of ether oxygens (including phenoxy) is 1. The van der Waals surface area contributed by atoms with E-state index < -0.39 is 0 Å². The highest BCUT2D eigenvalue weighted by Crippen LogP contribution is 1.88. The van der Waals surface area contributed by atoms with Crippen LogP contribution in [0.4, 0.5) is 0 Å². The monoisotopic (exact) mass is 148 g/mol. The molecule has 0 aromatic heterocycles. The van der Waals surface area contributed by atoms with Gasteiger partial charge in [-0.15, -0.1) is 0 Å². The van der Waals surface area contributed by atoms with Crippen molar-refractivity contribution in [1.82, 2.24) is 0 Å². The highest BCUT2D eigenvalue weighted by molar-refractivity contribution is 5.65. The Morgan fingerprint density at radius 1 is 1.40 bits per heavy atom. The summed E-state index contributed by atoms with van der Waals surface area (Å²) in [6.07, 6.45) is 0. The number of quaternary nitrogens is 1. The minimum atomic E-state index is -0.201. The fraction of sp³-hybridized carbons (Fsp3) is 0.857. The lowest BCUT2D eigenvalue weighted by Gasteiger charge is -2.23. The quantitative estimate of drug-likeness (QED) is 0.326. The van der Waals surface area contributed by atoms with E-state index >= 15 is 0 Å². The molecular weight excluding hydrogens is 132 g/mol. The smallest absolute Gasteiger partial charge is 0.302 e. The fourth-order valence-electron chi connectivity index (χ4n) is 0.463. The number of carbonyl (C=O) groups is 1. The summed E-state index contributed by atoms with van der Waals surface area (Å²) in [6, 6.07) is 0. The molecule has 0 radical (unpaired) electrons. The molecule has 0 aromatic rings. The van der Waals surface area contributed by atoms with Crippen molar-refractivity contribution in [2.75, 3.05) is 34.3 Å². The zero-order chi connectivity index (χ0) is 8.20. The van der Waals surface area contributed by atoms with Crippen LogP contribution in [0.25, 0.3) is 0 Å². The van der Waals surface area contributed by atoms with Crippen LogP contribution in [-0.4, -0.2) is 44.7 Å². The van der Waals surface area contributed by atoms with Crippen LogP contribution in [0.3, 0.4) is 0 Å². The number of esters is 1. The van der Waals surface area contributed by atoms with Crippen molar-refractivity contribution in [2.24, 2.45) is 0 Å². The van der Waals surface area contributed by atoms with Gasteiger partial charge in [-0.1, -0.05) is 0 Å². The highest BCUT2D eigenvalue weighted by Gasteiger charge is 2.06. The van der Waals surface area contributed by atoms with E-state index in [0.717, 1.165) is 11.0 Å². The molecule has 0 bridgehead atoms. The van der Waals surface area contributed by atoms with Gasteiger partial charge < -0.3 is 9.22 Å². The van der Waals surface area contributed by atoms with E-state index in [1.165, 1.54) is 6.92 Å². The third-order valence-electron chi connectivity index (χ3n) is 1.07. The summed E-state index contributed by atoms with van der Waals surface area (Å²) in [6.45, 7) is 2.80. The molecule has 0 atom stereocenters. The van der Waals surface area contributed by atoms with E-state index in [2.05, 4.69) is 21.1 Å². The Morgan fingerprint density at radius 3 is 2.20 bits per heavy atom. The summed E-state index contributed by atoms with van der Waals surface area (Å²) >= 11 is 0. The summed E-state index contributed by atoms with van der Waals surface area (Å²) in [7, 11) is 6.18. The second-order valence-corrected chi connectivity index (χ2v) is 3.35. The average Bonchev–Trinajstić information content (AvgIpc) is 1.59. The van der Waals surface area contributed by atoms with E-state index in [1.54, 1.807) is 0 Å². The van der Waals surface area contributed by atoms with Crippen LogP contribution < -0.4 is 0 Å². The second kappa shape index (κ2) is 3.56. The molecule has 10 heavy (non-hydrogen) atoms. The Labute approximate surface area is 62.2 Å². The standard InChI is InChI=1S/C7H16NO2/c1-7(9)10-6-5-8(2,3)4/h5-6H2,1-4H3/q+1/i1+1,7+1. The van der Waals surface area contributed by atoms with Crippen molar-refractivity contribution in [3.8, 4) is 0 Å². The maximum atomic E-state index is 10.3. The van der Waals surface area contributed by atoms with Crippen molar-refractivity contribution in [3.63, 3.8) is 0 Å². The van der Waals surface area contributed by atoms with Crippen molar-refractivity contribution in [1.29, 1.82) is 0 Å². The molecule has 0 spiro atoms. The molecule has 0 unspecified atom stereocenters. The van der Waals surface area contributed by atoms with Gasteiger partial charge in [0.2, 0.25) is 0 Å². The normalized spacial score (nSPS) is 11.2. The predicted octanol–water partition coefficient (Wildman–Crippen LogP) is 0.256. The number of hydrogen-bond acceptors (Lipinski definition) is 2. The maximum Gasteiger partial charge on any atom is 0.302 e. The van der Waals surface area contributed by atoms with Crippen LogP contribution in [-0.2, 0) is 9.53 Å². The van der Waals surface area contributed by atoms with E-state index in [9.17, 15) is 4.79 Å². The Kier molecular flexibility index (Phi) is 3.36. The molecule has 3 nitrogen and oxygen atoms in total. The summed E-state index contributed by atoms with van der Waals surface area (Å²) in [5, 5.41) is 0. The average molecular weight is 148 g/mol. The molecule has 0 saturated heterocycles. The Morgan fingerprint density at radius 2 is 1.90 bits per heavy atom. The van der Waals surface area contributed by atoms with E-state index in [0.29, 0.717) is 6.61 Å². The van der Waals surface area contributed by atoms with Gasteiger partial charge in [0.25, 0.3) is 0 Å². The molecule has 0 aliphatic rings. The van der Waals surface area contributed by atoms with Crippen LogP contribution in [0.1, 0.15) is 6.92 Å². The van der Waals surface area contributed by atoms with Gasteiger partial charge in [-0.2, -0.15) is 0 Å². The van der Waals surface area contributed by atoms with Crippen molar-refractivity contribution in [3.05, 3.63) is 0 Å². The van der Waals surface area contributed by atoms with Crippen molar-refractivity contribution >= 4 is 5.97 Å². The van der Waals surface area contributed by atoms with Crippen LogP contribution in [0.2, 0.25) is 0 Å². The minimum Gasteiger partial charge on any atom is -0.460 e. The first-order chi connectivity index (χ1) is 4.42. The molecular formula is C7H16NO2+. The first-order valence-corrected chi connectivity index (χ1v) is 3.35. The summed E-state index contributed by atoms with van der Waals surface area (Å²) < 4.78 is 5.59. The number of likely N-dealkylation sites (N-methyl/N-ethyl adjacent to an activating group) is 1. The lowest BCUT2D eigenvalue weighted by Crippen LogP contribution is -2.37. The predicted molar refractivity (Wildman–Crippen MR) is 39.5 cm³/mol. The maximum absolute atomic E-state index is 10.3. The number of rotatable bonds is 3. The van der Waals surface area contributed by atoms with Gasteiger partial charge in [0.1, 0.15) is 13.2 Å². The highest BCUT2D eigenvalue weighted by atomic mass is 16.6. The van der Waals surface area contributed by atoms with Gasteiger partial charge in [-0.3, -0.25) is 4.79 Å². The molecule has 0 amide bonds.